The summed E-state index contributed by atoms with van der Waals surface area (Å²) in [5.41, 5.74) is 0.771. The molecule has 210 valence electrons. The molecule has 1 amide bonds. The predicted molar refractivity (Wildman–Crippen MR) is 154 cm³/mol. The first-order valence-corrected chi connectivity index (χ1v) is 14.8. The molecule has 0 atom stereocenters. The van der Waals surface area contributed by atoms with Crippen molar-refractivity contribution in [1.29, 1.82) is 0 Å². The summed E-state index contributed by atoms with van der Waals surface area (Å²) in [6, 6.07) is 14.5. The third-order valence-electron chi connectivity index (χ3n) is 6.76. The van der Waals surface area contributed by atoms with Crippen LogP contribution in [0.5, 0.6) is 11.5 Å². The normalized spacial score (nSPS) is 14.3. The van der Waals surface area contributed by atoms with Gasteiger partial charge in [-0.05, 0) is 31.2 Å². The van der Waals surface area contributed by atoms with E-state index < -0.39 is 21.5 Å². The summed E-state index contributed by atoms with van der Waals surface area (Å²) in [5, 5.41) is 2.73. The van der Waals surface area contributed by atoms with Gasteiger partial charge < -0.3 is 19.7 Å². The van der Waals surface area contributed by atoms with Crippen LogP contribution in [-0.2, 0) is 21.4 Å². The Bertz CT molecular complexity index is 1730. The molecule has 2 aromatic heterocycles. The van der Waals surface area contributed by atoms with E-state index in [2.05, 4.69) is 15.2 Å². The van der Waals surface area contributed by atoms with Crippen molar-refractivity contribution in [3.05, 3.63) is 70.1 Å². The number of nitrogens with one attached hydrogen (secondary N) is 1. The Morgan fingerprint density at radius 2 is 1.65 bits per heavy atom. The fourth-order valence-corrected chi connectivity index (χ4v) is 7.91. The number of aromatic nitrogens is 2. The minimum atomic E-state index is -4.01. The van der Waals surface area contributed by atoms with E-state index in [4.69, 9.17) is 9.47 Å². The number of amides is 1. The largest absolute Gasteiger partial charge is 0.495 e. The van der Waals surface area contributed by atoms with Crippen LogP contribution in [0.25, 0.3) is 10.2 Å². The van der Waals surface area contributed by atoms with E-state index >= 15 is 0 Å². The Morgan fingerprint density at radius 1 is 1.00 bits per heavy atom. The lowest BCUT2D eigenvalue weighted by molar-refractivity contribution is -0.116. The van der Waals surface area contributed by atoms with Crippen molar-refractivity contribution in [2.75, 3.05) is 50.6 Å². The fourth-order valence-electron chi connectivity index (χ4n) is 4.82. The molecule has 0 spiro atoms. The minimum Gasteiger partial charge on any atom is -0.495 e. The van der Waals surface area contributed by atoms with Gasteiger partial charge in [0.1, 0.15) is 27.8 Å². The molecule has 11 nitrogen and oxygen atoms in total. The molecule has 40 heavy (non-hydrogen) atoms. The molecule has 5 rings (SSSR count). The van der Waals surface area contributed by atoms with Gasteiger partial charge in [-0.1, -0.05) is 24.3 Å². The number of carbonyl (C=O) groups excluding carboxylic acids is 1. The highest BCUT2D eigenvalue weighted by molar-refractivity contribution is 7.89. The Balaban J connectivity index is 1.40. The van der Waals surface area contributed by atoms with Gasteiger partial charge in [0.15, 0.2) is 0 Å². The second-order valence-corrected chi connectivity index (χ2v) is 12.2. The van der Waals surface area contributed by atoms with E-state index in [1.54, 1.807) is 38.3 Å². The maximum atomic E-state index is 13.9. The third-order valence-corrected chi connectivity index (χ3v) is 9.97. The van der Waals surface area contributed by atoms with E-state index in [1.807, 2.05) is 24.3 Å². The van der Waals surface area contributed by atoms with Gasteiger partial charge in [-0.3, -0.25) is 14.2 Å². The van der Waals surface area contributed by atoms with Crippen LogP contribution in [0.1, 0.15) is 4.88 Å². The van der Waals surface area contributed by atoms with Gasteiger partial charge >= 0.3 is 0 Å². The number of hydrogen-bond acceptors (Lipinski definition) is 9. The van der Waals surface area contributed by atoms with Crippen molar-refractivity contribution >= 4 is 48.9 Å². The molecule has 0 unspecified atom stereocenters. The lowest BCUT2D eigenvalue weighted by Crippen LogP contribution is -2.49. The summed E-state index contributed by atoms with van der Waals surface area (Å²) >= 11 is 1.15. The zero-order valence-corrected chi connectivity index (χ0v) is 23.9. The second-order valence-electron chi connectivity index (χ2n) is 9.16. The SMILES string of the molecule is COc1ccccc1NC(=O)Cn1cnc2sc(C)c(S(=O)(=O)N3CCN(c4ccccc4OC)CC3)c2c1=O. The van der Waals surface area contributed by atoms with Gasteiger partial charge in [0.2, 0.25) is 15.9 Å². The second kappa shape index (κ2) is 11.3. The Hall–Kier alpha value is -3.94. The van der Waals surface area contributed by atoms with E-state index in [9.17, 15) is 18.0 Å². The number of ether oxygens (including phenoxy) is 2. The Labute approximate surface area is 235 Å². The number of methoxy groups -OCH3 is 2. The van der Waals surface area contributed by atoms with Gasteiger partial charge in [0.25, 0.3) is 5.56 Å². The smallest absolute Gasteiger partial charge is 0.263 e. The van der Waals surface area contributed by atoms with Crippen LogP contribution in [0.2, 0.25) is 0 Å². The molecule has 1 saturated heterocycles. The molecule has 13 heteroatoms. The molecule has 0 saturated carbocycles. The number of carbonyl (C=O) groups is 1. The molecule has 0 bridgehead atoms. The molecule has 1 aliphatic heterocycles. The average molecular weight is 584 g/mol. The topological polar surface area (TPSA) is 123 Å². The summed E-state index contributed by atoms with van der Waals surface area (Å²) in [5.74, 6) is 0.723. The number of para-hydroxylation sites is 4. The first kappa shape index (κ1) is 27.6. The summed E-state index contributed by atoms with van der Waals surface area (Å²) in [4.78, 5) is 33.4. The summed E-state index contributed by atoms with van der Waals surface area (Å²) in [6.07, 6.45) is 1.27. The van der Waals surface area contributed by atoms with Gasteiger partial charge in [0.05, 0.1) is 37.3 Å². The van der Waals surface area contributed by atoms with Crippen molar-refractivity contribution in [2.24, 2.45) is 0 Å². The number of sulfonamides is 1. The first-order chi connectivity index (χ1) is 19.2. The molecule has 1 fully saturated rings. The van der Waals surface area contributed by atoms with Crippen LogP contribution < -0.4 is 25.2 Å². The number of fused-ring (bicyclic) bond motifs is 1. The lowest BCUT2D eigenvalue weighted by atomic mass is 10.2. The van der Waals surface area contributed by atoms with E-state index in [0.717, 1.165) is 27.3 Å². The van der Waals surface area contributed by atoms with Gasteiger partial charge in [-0.15, -0.1) is 11.3 Å². The first-order valence-electron chi connectivity index (χ1n) is 12.5. The van der Waals surface area contributed by atoms with Crippen molar-refractivity contribution in [1.82, 2.24) is 13.9 Å². The zero-order chi connectivity index (χ0) is 28.4. The highest BCUT2D eigenvalue weighted by Crippen LogP contribution is 2.34. The van der Waals surface area contributed by atoms with Crippen molar-refractivity contribution < 1.29 is 22.7 Å². The number of aryl methyl sites for hydroxylation is 1. The summed E-state index contributed by atoms with van der Waals surface area (Å²) in [6.45, 7) is 2.74. The maximum Gasteiger partial charge on any atom is 0.263 e. The standard InChI is InChI=1S/C27H29N5O6S2/c1-18-25(40(35,36)32-14-12-30(13-15-32)20-9-5-7-11-22(20)38-3)24-26(39-18)28-17-31(27(24)34)16-23(33)29-19-8-4-6-10-21(19)37-2/h4-11,17H,12-16H2,1-3H3,(H,29,33). The number of thiophene rings is 1. The molecule has 1 N–H and O–H groups in total. The highest BCUT2D eigenvalue weighted by atomic mass is 32.2. The maximum absolute atomic E-state index is 13.9. The molecule has 0 radical (unpaired) electrons. The van der Waals surface area contributed by atoms with Crippen LogP contribution in [0.15, 0.2) is 64.5 Å². The lowest BCUT2D eigenvalue weighted by Gasteiger charge is -2.35. The van der Waals surface area contributed by atoms with Gasteiger partial charge in [-0.2, -0.15) is 4.31 Å². The van der Waals surface area contributed by atoms with E-state index in [1.165, 1.54) is 17.7 Å². The van der Waals surface area contributed by atoms with E-state index in [-0.39, 0.29) is 29.9 Å². The van der Waals surface area contributed by atoms with Crippen molar-refractivity contribution in [2.45, 2.75) is 18.4 Å². The minimum absolute atomic E-state index is 0.00208. The molecule has 1 aliphatic rings. The predicted octanol–water partition coefficient (Wildman–Crippen LogP) is 2.93. The third kappa shape index (κ3) is 5.15. The summed E-state index contributed by atoms with van der Waals surface area (Å²) in [7, 11) is -0.910. The molecular formula is C27H29N5O6S2. The number of rotatable bonds is 8. The number of nitrogens with zero attached hydrogens (tertiary/aromatic N) is 4. The molecule has 2 aromatic carbocycles. The van der Waals surface area contributed by atoms with Crippen LogP contribution in [-0.4, -0.2) is 68.6 Å². The quantitative estimate of drug-likeness (QED) is 0.336. The van der Waals surface area contributed by atoms with Crippen LogP contribution in [0.4, 0.5) is 11.4 Å². The number of hydrogen-bond donors (Lipinski definition) is 1. The molecule has 0 aliphatic carbocycles. The van der Waals surface area contributed by atoms with Crippen LogP contribution in [0.3, 0.4) is 0 Å². The Morgan fingerprint density at radius 3 is 2.35 bits per heavy atom. The van der Waals surface area contributed by atoms with Crippen LogP contribution in [0, 0.1) is 6.92 Å². The van der Waals surface area contributed by atoms with Crippen molar-refractivity contribution in [3.8, 4) is 11.5 Å². The molecule has 3 heterocycles. The van der Waals surface area contributed by atoms with Crippen LogP contribution >= 0.6 is 11.3 Å². The zero-order valence-electron chi connectivity index (χ0n) is 22.3. The van der Waals surface area contributed by atoms with Crippen molar-refractivity contribution in [3.63, 3.8) is 0 Å². The number of piperazine rings is 1. The average Bonchev–Trinajstić information content (AvgIpc) is 3.32. The molecular weight excluding hydrogens is 554 g/mol. The van der Waals surface area contributed by atoms with E-state index in [0.29, 0.717) is 34.2 Å². The highest BCUT2D eigenvalue weighted by Gasteiger charge is 2.34. The number of anilines is 2. The molecule has 4 aromatic rings. The van der Waals surface area contributed by atoms with Gasteiger partial charge in [0, 0.05) is 31.1 Å². The van der Waals surface area contributed by atoms with Gasteiger partial charge in [-0.25, -0.2) is 13.4 Å². The summed E-state index contributed by atoms with van der Waals surface area (Å²) < 4.78 is 41.0. The number of benzene rings is 2. The monoisotopic (exact) mass is 583 g/mol. The Kier molecular flexibility index (Phi) is 7.79. The fraction of sp³-hybridized carbons (Fsp3) is 0.296.